The summed E-state index contributed by atoms with van der Waals surface area (Å²) in [5.41, 5.74) is 1.60. The van der Waals surface area contributed by atoms with E-state index in [1.165, 1.54) is 6.42 Å². The number of pyridine rings is 1. The highest BCUT2D eigenvalue weighted by Crippen LogP contribution is 2.25. The first-order chi connectivity index (χ1) is 10.6. The van der Waals surface area contributed by atoms with Crippen molar-refractivity contribution in [3.63, 3.8) is 0 Å². The van der Waals surface area contributed by atoms with Gasteiger partial charge in [-0.25, -0.2) is 4.98 Å². The average Bonchev–Trinajstić information content (AvgIpc) is 2.51. The molecule has 1 fully saturated rings. The van der Waals surface area contributed by atoms with E-state index in [4.69, 9.17) is 0 Å². The number of aryl methyl sites for hydroxylation is 1. The fourth-order valence-electron chi connectivity index (χ4n) is 2.79. The van der Waals surface area contributed by atoms with Crippen LogP contribution in [0.15, 0.2) is 12.3 Å². The number of hydrogen-bond acceptors (Lipinski definition) is 3. The summed E-state index contributed by atoms with van der Waals surface area (Å²) >= 11 is 0. The zero-order valence-corrected chi connectivity index (χ0v) is 13.4. The molecule has 0 radical (unpaired) electrons. The fraction of sp³-hybridized carbons (Fsp3) is 0.588. The molecule has 1 heterocycles. The molecule has 0 saturated heterocycles. The van der Waals surface area contributed by atoms with Gasteiger partial charge in [-0.1, -0.05) is 26.2 Å². The number of nitrogens with zero attached hydrogens (tertiary/aromatic N) is 1. The van der Waals surface area contributed by atoms with Crippen molar-refractivity contribution in [2.45, 2.75) is 58.8 Å². The molecule has 0 aliphatic heterocycles. The number of hydrogen-bond donors (Lipinski definition) is 2. The van der Waals surface area contributed by atoms with Crippen LogP contribution in [-0.2, 0) is 9.59 Å². The second-order valence-electron chi connectivity index (χ2n) is 6.01. The van der Waals surface area contributed by atoms with Crippen molar-refractivity contribution in [2.75, 3.05) is 10.6 Å². The normalized spacial score (nSPS) is 15.4. The summed E-state index contributed by atoms with van der Waals surface area (Å²) in [5, 5.41) is 5.74. The van der Waals surface area contributed by atoms with Crippen LogP contribution < -0.4 is 10.6 Å². The first-order valence-corrected chi connectivity index (χ1v) is 8.17. The van der Waals surface area contributed by atoms with Crippen LogP contribution in [0.1, 0.15) is 57.4 Å². The molecule has 5 nitrogen and oxygen atoms in total. The van der Waals surface area contributed by atoms with Crippen molar-refractivity contribution in [2.24, 2.45) is 5.92 Å². The number of aromatic nitrogens is 1. The predicted molar refractivity (Wildman–Crippen MR) is 87.7 cm³/mol. The highest BCUT2D eigenvalue weighted by Gasteiger charge is 2.21. The van der Waals surface area contributed by atoms with Crippen molar-refractivity contribution >= 4 is 23.3 Å². The third kappa shape index (κ3) is 4.55. The van der Waals surface area contributed by atoms with E-state index in [-0.39, 0.29) is 17.7 Å². The molecule has 1 aromatic heterocycles. The minimum atomic E-state index is -0.00797. The fourth-order valence-corrected chi connectivity index (χ4v) is 2.79. The summed E-state index contributed by atoms with van der Waals surface area (Å²) in [6.45, 7) is 3.87. The lowest BCUT2D eigenvalue weighted by Crippen LogP contribution is -2.25. The standard InChI is InChI=1S/C17H25N3O2/c1-3-7-16(21)19-14-11-18-15(10-12(14)2)20-17(22)13-8-5-4-6-9-13/h10-11,13H,3-9H2,1-2H3,(H,19,21)(H,18,20,22). The van der Waals surface area contributed by atoms with Gasteiger partial charge >= 0.3 is 0 Å². The molecule has 1 aliphatic rings. The number of rotatable bonds is 5. The maximum atomic E-state index is 12.2. The molecule has 120 valence electrons. The second-order valence-corrected chi connectivity index (χ2v) is 6.01. The van der Waals surface area contributed by atoms with E-state index in [9.17, 15) is 9.59 Å². The van der Waals surface area contributed by atoms with E-state index in [0.717, 1.165) is 37.7 Å². The Morgan fingerprint density at radius 3 is 2.59 bits per heavy atom. The van der Waals surface area contributed by atoms with Gasteiger partial charge in [0.25, 0.3) is 0 Å². The molecule has 2 N–H and O–H groups in total. The SMILES string of the molecule is CCCC(=O)Nc1cnc(NC(=O)C2CCCCC2)cc1C. The van der Waals surface area contributed by atoms with Crippen LogP contribution in [0.5, 0.6) is 0 Å². The van der Waals surface area contributed by atoms with Crippen molar-refractivity contribution in [1.82, 2.24) is 4.98 Å². The van der Waals surface area contributed by atoms with Crippen molar-refractivity contribution in [1.29, 1.82) is 0 Å². The monoisotopic (exact) mass is 303 g/mol. The number of carbonyl (C=O) groups is 2. The highest BCUT2D eigenvalue weighted by molar-refractivity contribution is 5.93. The molecule has 0 bridgehead atoms. The van der Waals surface area contributed by atoms with Crippen LogP contribution in [0.25, 0.3) is 0 Å². The maximum absolute atomic E-state index is 12.2. The number of amides is 2. The minimum absolute atomic E-state index is 0.00797. The van der Waals surface area contributed by atoms with Crippen LogP contribution in [0, 0.1) is 12.8 Å². The molecule has 1 aromatic rings. The lowest BCUT2D eigenvalue weighted by Gasteiger charge is -2.20. The molecule has 1 aliphatic carbocycles. The Morgan fingerprint density at radius 2 is 1.95 bits per heavy atom. The van der Waals surface area contributed by atoms with Crippen LogP contribution >= 0.6 is 0 Å². The van der Waals surface area contributed by atoms with Crippen LogP contribution in [-0.4, -0.2) is 16.8 Å². The van der Waals surface area contributed by atoms with Crippen LogP contribution in [0.2, 0.25) is 0 Å². The quantitative estimate of drug-likeness (QED) is 0.872. The lowest BCUT2D eigenvalue weighted by molar-refractivity contribution is -0.120. The number of nitrogens with one attached hydrogen (secondary N) is 2. The van der Waals surface area contributed by atoms with Gasteiger partial charge in [-0.2, -0.15) is 0 Å². The van der Waals surface area contributed by atoms with Gasteiger partial charge < -0.3 is 10.6 Å². The van der Waals surface area contributed by atoms with Gasteiger partial charge in [0.05, 0.1) is 11.9 Å². The third-order valence-corrected chi connectivity index (χ3v) is 4.09. The van der Waals surface area contributed by atoms with E-state index >= 15 is 0 Å². The first-order valence-electron chi connectivity index (χ1n) is 8.17. The summed E-state index contributed by atoms with van der Waals surface area (Å²) in [6, 6.07) is 1.81. The summed E-state index contributed by atoms with van der Waals surface area (Å²) in [4.78, 5) is 28.1. The van der Waals surface area contributed by atoms with E-state index in [2.05, 4.69) is 15.6 Å². The van der Waals surface area contributed by atoms with Gasteiger partial charge in [0.2, 0.25) is 11.8 Å². The Kier molecular flexibility index (Phi) is 5.92. The van der Waals surface area contributed by atoms with Crippen molar-refractivity contribution in [3.8, 4) is 0 Å². The Balaban J connectivity index is 1.96. The third-order valence-electron chi connectivity index (χ3n) is 4.09. The molecule has 0 atom stereocenters. The minimum Gasteiger partial charge on any atom is -0.325 e. The number of carbonyl (C=O) groups excluding carboxylic acids is 2. The molecule has 0 spiro atoms. The summed E-state index contributed by atoms with van der Waals surface area (Å²) in [7, 11) is 0. The second kappa shape index (κ2) is 7.92. The van der Waals surface area contributed by atoms with E-state index in [0.29, 0.717) is 17.9 Å². The van der Waals surface area contributed by atoms with Gasteiger partial charge in [-0.15, -0.1) is 0 Å². The summed E-state index contributed by atoms with van der Waals surface area (Å²) < 4.78 is 0. The van der Waals surface area contributed by atoms with E-state index in [1.54, 1.807) is 6.20 Å². The smallest absolute Gasteiger partial charge is 0.228 e. The van der Waals surface area contributed by atoms with Crippen LogP contribution in [0.4, 0.5) is 11.5 Å². The lowest BCUT2D eigenvalue weighted by atomic mass is 9.89. The molecular weight excluding hydrogens is 278 g/mol. The van der Waals surface area contributed by atoms with Gasteiger partial charge in [-0.05, 0) is 37.8 Å². The van der Waals surface area contributed by atoms with Gasteiger partial charge in [-0.3, -0.25) is 9.59 Å². The predicted octanol–water partition coefficient (Wildman–Crippen LogP) is 3.65. The van der Waals surface area contributed by atoms with Gasteiger partial charge in [0.1, 0.15) is 5.82 Å². The highest BCUT2D eigenvalue weighted by atomic mass is 16.2. The van der Waals surface area contributed by atoms with Gasteiger partial charge in [0.15, 0.2) is 0 Å². The van der Waals surface area contributed by atoms with Crippen molar-refractivity contribution in [3.05, 3.63) is 17.8 Å². The van der Waals surface area contributed by atoms with Crippen LogP contribution in [0.3, 0.4) is 0 Å². The summed E-state index contributed by atoms with van der Waals surface area (Å²) in [6.07, 6.45) is 8.35. The zero-order valence-electron chi connectivity index (χ0n) is 13.4. The summed E-state index contributed by atoms with van der Waals surface area (Å²) in [5.74, 6) is 0.724. The number of anilines is 2. The molecule has 1 saturated carbocycles. The topological polar surface area (TPSA) is 71.1 Å². The van der Waals surface area contributed by atoms with E-state index in [1.807, 2.05) is 19.9 Å². The Labute approximate surface area is 131 Å². The average molecular weight is 303 g/mol. The maximum Gasteiger partial charge on any atom is 0.228 e. The Morgan fingerprint density at radius 1 is 1.23 bits per heavy atom. The largest absolute Gasteiger partial charge is 0.325 e. The molecule has 5 heteroatoms. The molecule has 0 aromatic carbocycles. The molecule has 22 heavy (non-hydrogen) atoms. The Bertz CT molecular complexity index is 537. The molecular formula is C17H25N3O2. The zero-order chi connectivity index (χ0) is 15.9. The molecule has 2 amide bonds. The van der Waals surface area contributed by atoms with Crippen molar-refractivity contribution < 1.29 is 9.59 Å². The molecule has 2 rings (SSSR count). The van der Waals surface area contributed by atoms with E-state index < -0.39 is 0 Å². The first kappa shape index (κ1) is 16.5. The molecule has 0 unspecified atom stereocenters. The van der Waals surface area contributed by atoms with Gasteiger partial charge in [0, 0.05) is 12.3 Å². The Hall–Kier alpha value is -1.91.